The molecule has 0 spiro atoms. The number of aryl methyl sites for hydroxylation is 1. The second-order valence-corrected chi connectivity index (χ2v) is 5.60. The van der Waals surface area contributed by atoms with Crippen LogP contribution >= 0.6 is 0 Å². The summed E-state index contributed by atoms with van der Waals surface area (Å²) >= 11 is 0. The van der Waals surface area contributed by atoms with Crippen LogP contribution < -0.4 is 15.8 Å². The molecule has 1 aromatic carbocycles. The Morgan fingerprint density at radius 3 is 2.95 bits per heavy atom. The van der Waals surface area contributed by atoms with Crippen molar-refractivity contribution >= 4 is 16.6 Å². The predicted octanol–water partition coefficient (Wildman–Crippen LogP) is 1.58. The fraction of sp³-hybridized carbons (Fsp3) is 0.438. The third-order valence-electron chi connectivity index (χ3n) is 4.25. The average Bonchev–Trinajstić information content (AvgIpc) is 2.92. The maximum Gasteiger partial charge on any atom is 0.252 e. The first-order chi connectivity index (χ1) is 9.70. The quantitative estimate of drug-likeness (QED) is 0.921. The van der Waals surface area contributed by atoms with E-state index in [0.717, 1.165) is 30.8 Å². The van der Waals surface area contributed by atoms with Gasteiger partial charge in [-0.2, -0.15) is 0 Å². The summed E-state index contributed by atoms with van der Waals surface area (Å²) in [5, 5.41) is 4.41. The molecule has 2 aromatic rings. The number of para-hydroxylation sites is 1. The zero-order valence-electron chi connectivity index (χ0n) is 12.1. The number of rotatable bonds is 3. The van der Waals surface area contributed by atoms with Crippen LogP contribution in [-0.2, 0) is 7.05 Å². The van der Waals surface area contributed by atoms with E-state index in [1.54, 1.807) is 10.6 Å². The van der Waals surface area contributed by atoms with Crippen LogP contribution in [0.5, 0.6) is 0 Å². The van der Waals surface area contributed by atoms with Gasteiger partial charge in [-0.15, -0.1) is 0 Å². The normalized spacial score (nSPS) is 18.9. The van der Waals surface area contributed by atoms with E-state index in [2.05, 4.69) is 16.3 Å². The maximum absolute atomic E-state index is 12.1. The fourth-order valence-electron chi connectivity index (χ4n) is 3.16. The number of fused-ring (bicyclic) bond motifs is 1. The number of hydrogen-bond acceptors (Lipinski definition) is 3. The Balaban J connectivity index is 2.04. The lowest BCUT2D eigenvalue weighted by Crippen LogP contribution is -2.26. The molecule has 1 aromatic heterocycles. The summed E-state index contributed by atoms with van der Waals surface area (Å²) in [6.07, 6.45) is 1.18. The van der Waals surface area contributed by atoms with Crippen LogP contribution in [0.2, 0.25) is 0 Å². The molecule has 0 amide bonds. The van der Waals surface area contributed by atoms with Crippen LogP contribution in [0.25, 0.3) is 10.9 Å². The first-order valence-corrected chi connectivity index (χ1v) is 7.19. The van der Waals surface area contributed by atoms with Gasteiger partial charge in [0.05, 0.1) is 11.2 Å². The lowest BCUT2D eigenvalue weighted by Gasteiger charge is -2.21. The van der Waals surface area contributed by atoms with Crippen molar-refractivity contribution in [2.75, 3.05) is 31.6 Å². The van der Waals surface area contributed by atoms with E-state index in [4.69, 9.17) is 0 Å². The smallest absolute Gasteiger partial charge is 0.252 e. The highest BCUT2D eigenvalue weighted by molar-refractivity contribution is 5.92. The van der Waals surface area contributed by atoms with Gasteiger partial charge in [-0.1, -0.05) is 18.2 Å². The molecule has 1 unspecified atom stereocenters. The number of nitrogens with one attached hydrogen (secondary N) is 1. The molecule has 0 radical (unpaired) electrons. The number of hydrogen-bond donors (Lipinski definition) is 1. The van der Waals surface area contributed by atoms with E-state index < -0.39 is 0 Å². The van der Waals surface area contributed by atoms with Crippen molar-refractivity contribution in [3.63, 3.8) is 0 Å². The van der Waals surface area contributed by atoms with Gasteiger partial charge in [0.2, 0.25) is 0 Å². The van der Waals surface area contributed by atoms with Crippen molar-refractivity contribution in [1.82, 2.24) is 9.88 Å². The van der Waals surface area contributed by atoms with Gasteiger partial charge in [-0.25, -0.2) is 0 Å². The summed E-state index contributed by atoms with van der Waals surface area (Å²) in [6, 6.07) is 9.93. The van der Waals surface area contributed by atoms with Gasteiger partial charge in [0.15, 0.2) is 0 Å². The average molecular weight is 271 g/mol. The zero-order valence-corrected chi connectivity index (χ0v) is 12.1. The summed E-state index contributed by atoms with van der Waals surface area (Å²) in [5.41, 5.74) is 2.16. The second kappa shape index (κ2) is 5.29. The molecule has 0 saturated carbocycles. The largest absolute Gasteiger partial charge is 0.370 e. The summed E-state index contributed by atoms with van der Waals surface area (Å²) in [7, 11) is 3.83. The third-order valence-corrected chi connectivity index (χ3v) is 4.25. The highest BCUT2D eigenvalue weighted by atomic mass is 16.1. The Labute approximate surface area is 119 Å². The Hall–Kier alpha value is -1.81. The van der Waals surface area contributed by atoms with Gasteiger partial charge < -0.3 is 14.8 Å². The molecule has 4 nitrogen and oxygen atoms in total. The lowest BCUT2D eigenvalue weighted by atomic mass is 10.1. The van der Waals surface area contributed by atoms with Crippen LogP contribution in [-0.4, -0.2) is 31.2 Å². The summed E-state index contributed by atoms with van der Waals surface area (Å²) in [6.45, 7) is 3.10. The van der Waals surface area contributed by atoms with Crippen molar-refractivity contribution < 1.29 is 0 Å². The fourth-order valence-corrected chi connectivity index (χ4v) is 3.16. The molecule has 20 heavy (non-hydrogen) atoms. The molecule has 1 saturated heterocycles. The SMILES string of the molecule is CNCC1CCN(c2cc(=O)n(C)c3ccccc23)C1. The van der Waals surface area contributed by atoms with Gasteiger partial charge in [0.25, 0.3) is 5.56 Å². The maximum atomic E-state index is 12.1. The molecule has 1 N–H and O–H groups in total. The predicted molar refractivity (Wildman–Crippen MR) is 83.4 cm³/mol. The third kappa shape index (κ3) is 2.20. The van der Waals surface area contributed by atoms with E-state index in [9.17, 15) is 4.79 Å². The van der Waals surface area contributed by atoms with Crippen LogP contribution in [0.3, 0.4) is 0 Å². The molecule has 0 aliphatic carbocycles. The van der Waals surface area contributed by atoms with Crippen LogP contribution in [0.1, 0.15) is 6.42 Å². The van der Waals surface area contributed by atoms with Gasteiger partial charge in [0, 0.05) is 31.6 Å². The minimum atomic E-state index is 0.0655. The molecular formula is C16H21N3O. The molecule has 106 valence electrons. The molecule has 2 heterocycles. The lowest BCUT2D eigenvalue weighted by molar-refractivity contribution is 0.549. The minimum absolute atomic E-state index is 0.0655. The Kier molecular flexibility index (Phi) is 3.49. The van der Waals surface area contributed by atoms with Crippen molar-refractivity contribution in [3.8, 4) is 0 Å². The van der Waals surface area contributed by atoms with Crippen LogP contribution in [0.4, 0.5) is 5.69 Å². The topological polar surface area (TPSA) is 37.3 Å². The summed E-state index contributed by atoms with van der Waals surface area (Å²) in [4.78, 5) is 14.5. The van der Waals surface area contributed by atoms with Gasteiger partial charge >= 0.3 is 0 Å². The highest BCUT2D eigenvalue weighted by Crippen LogP contribution is 2.29. The van der Waals surface area contributed by atoms with Crippen molar-refractivity contribution in [2.45, 2.75) is 6.42 Å². The molecule has 4 heteroatoms. The molecule has 3 rings (SSSR count). The highest BCUT2D eigenvalue weighted by Gasteiger charge is 2.23. The molecule has 0 bridgehead atoms. The minimum Gasteiger partial charge on any atom is -0.370 e. The zero-order chi connectivity index (χ0) is 14.1. The summed E-state index contributed by atoms with van der Waals surface area (Å²) < 4.78 is 1.72. The number of aromatic nitrogens is 1. The standard InChI is InChI=1S/C16H21N3O/c1-17-10-12-7-8-19(11-12)15-9-16(20)18(2)14-6-4-3-5-13(14)15/h3-6,9,12,17H,7-8,10-11H2,1-2H3. The van der Waals surface area contributed by atoms with E-state index in [-0.39, 0.29) is 5.56 Å². The monoisotopic (exact) mass is 271 g/mol. The molecular weight excluding hydrogens is 250 g/mol. The van der Waals surface area contributed by atoms with Crippen molar-refractivity contribution in [2.24, 2.45) is 13.0 Å². The van der Waals surface area contributed by atoms with Gasteiger partial charge in [0.1, 0.15) is 0 Å². The van der Waals surface area contributed by atoms with E-state index in [1.807, 2.05) is 32.3 Å². The van der Waals surface area contributed by atoms with E-state index >= 15 is 0 Å². The molecule has 1 aliphatic heterocycles. The van der Waals surface area contributed by atoms with E-state index in [1.165, 1.54) is 11.8 Å². The summed E-state index contributed by atoms with van der Waals surface area (Å²) in [5.74, 6) is 0.669. The number of nitrogens with zero attached hydrogens (tertiary/aromatic N) is 2. The second-order valence-electron chi connectivity index (χ2n) is 5.60. The van der Waals surface area contributed by atoms with Gasteiger partial charge in [-0.05, 0) is 32.0 Å². The van der Waals surface area contributed by atoms with Crippen molar-refractivity contribution in [1.29, 1.82) is 0 Å². The van der Waals surface area contributed by atoms with Gasteiger partial charge in [-0.3, -0.25) is 4.79 Å². The first-order valence-electron chi connectivity index (χ1n) is 7.19. The molecule has 1 atom stereocenters. The van der Waals surface area contributed by atoms with Crippen LogP contribution in [0.15, 0.2) is 35.1 Å². The Morgan fingerprint density at radius 2 is 2.15 bits per heavy atom. The number of anilines is 1. The van der Waals surface area contributed by atoms with Crippen LogP contribution in [0, 0.1) is 5.92 Å². The molecule has 1 aliphatic rings. The first kappa shape index (κ1) is 13.2. The Morgan fingerprint density at radius 1 is 1.35 bits per heavy atom. The Bertz CT molecular complexity index is 677. The number of pyridine rings is 1. The van der Waals surface area contributed by atoms with Crippen molar-refractivity contribution in [3.05, 3.63) is 40.7 Å². The molecule has 1 fully saturated rings. The number of benzene rings is 1. The van der Waals surface area contributed by atoms with E-state index in [0.29, 0.717) is 5.92 Å².